The van der Waals surface area contributed by atoms with Gasteiger partial charge in [0.1, 0.15) is 23.0 Å². The van der Waals surface area contributed by atoms with Gasteiger partial charge < -0.3 is 24.6 Å². The molecule has 9 heteroatoms. The average Bonchev–Trinajstić information content (AvgIpc) is 3.32. The molecule has 0 amide bonds. The third kappa shape index (κ3) is 6.64. The van der Waals surface area contributed by atoms with Gasteiger partial charge in [-0.3, -0.25) is 4.57 Å². The highest BCUT2D eigenvalue weighted by Crippen LogP contribution is 2.35. The van der Waals surface area contributed by atoms with Crippen LogP contribution in [0.5, 0.6) is 5.75 Å². The summed E-state index contributed by atoms with van der Waals surface area (Å²) < 4.78 is 46.2. The number of fused-ring (bicyclic) bond motifs is 1. The Morgan fingerprint density at radius 3 is 2.21 bits per heavy atom. The fourth-order valence-electron chi connectivity index (χ4n) is 5.45. The van der Waals surface area contributed by atoms with Crippen molar-refractivity contribution in [1.82, 2.24) is 9.88 Å². The Morgan fingerprint density at radius 1 is 1.05 bits per heavy atom. The van der Waals surface area contributed by atoms with Crippen LogP contribution in [0.2, 0.25) is 0 Å². The second-order valence-corrected chi connectivity index (χ2v) is 11.6. The molecule has 0 spiro atoms. The molecule has 2 heterocycles. The molecule has 4 aromatic rings. The van der Waals surface area contributed by atoms with Crippen LogP contribution in [-0.2, 0) is 16.0 Å². The van der Waals surface area contributed by atoms with Crippen LogP contribution < -0.4 is 10.1 Å². The van der Waals surface area contributed by atoms with Crippen molar-refractivity contribution in [3.63, 3.8) is 0 Å². The average molecular weight is 579 g/mol. The molecule has 5 rings (SSSR count). The second kappa shape index (κ2) is 12.2. The van der Waals surface area contributed by atoms with Crippen LogP contribution in [0, 0.1) is 11.6 Å². The lowest BCUT2D eigenvalue weighted by molar-refractivity contribution is -0.0718. The first kappa shape index (κ1) is 29.7. The Balaban J connectivity index is 1.33. The maximum absolute atomic E-state index is 13.7. The zero-order valence-corrected chi connectivity index (χ0v) is 24.1. The highest BCUT2D eigenvalue weighted by Gasteiger charge is 2.36. The van der Waals surface area contributed by atoms with Gasteiger partial charge in [0.05, 0.1) is 37.5 Å². The summed E-state index contributed by atoms with van der Waals surface area (Å²) in [6.45, 7) is 6.02. The molecule has 3 aromatic carbocycles. The Bertz CT molecular complexity index is 1480. The monoisotopic (exact) mass is 578 g/mol. The molecule has 0 bridgehead atoms. The number of aliphatic hydroxyl groups excluding tert-OH is 1. The molecule has 1 saturated heterocycles. The van der Waals surface area contributed by atoms with Crippen LogP contribution in [0.3, 0.4) is 0 Å². The van der Waals surface area contributed by atoms with Crippen molar-refractivity contribution in [2.45, 2.75) is 63.5 Å². The molecule has 3 atom stereocenters. The first-order valence-electron chi connectivity index (χ1n) is 14.0. The number of benzene rings is 3. The van der Waals surface area contributed by atoms with E-state index in [9.17, 15) is 18.7 Å². The Morgan fingerprint density at radius 2 is 1.67 bits per heavy atom. The van der Waals surface area contributed by atoms with E-state index in [1.807, 2.05) is 32.9 Å². The number of ether oxygens (including phenoxy) is 3. The van der Waals surface area contributed by atoms with E-state index in [1.54, 1.807) is 43.6 Å². The molecular formula is C33H36F2N2O5. The number of nitrogens with zero attached hydrogens (tertiary/aromatic N) is 1. The molecule has 222 valence electrons. The van der Waals surface area contributed by atoms with Crippen molar-refractivity contribution in [2.24, 2.45) is 0 Å². The normalized spacial score (nSPS) is 19.3. The number of nitrogens with one attached hydrogen (secondary N) is 1. The molecule has 7 nitrogen and oxygen atoms in total. The van der Waals surface area contributed by atoms with Crippen LogP contribution in [0.15, 0.2) is 72.9 Å². The number of aliphatic hydroxyl groups is 1. The summed E-state index contributed by atoms with van der Waals surface area (Å²) in [5, 5.41) is 15.4. The minimum absolute atomic E-state index is 0.221. The van der Waals surface area contributed by atoms with Gasteiger partial charge in [-0.25, -0.2) is 13.6 Å². The number of hydrogen-bond acceptors (Lipinski definition) is 6. The molecule has 0 saturated carbocycles. The van der Waals surface area contributed by atoms with Crippen LogP contribution in [0.25, 0.3) is 10.9 Å². The number of halogens is 2. The fourth-order valence-corrected chi connectivity index (χ4v) is 5.45. The van der Waals surface area contributed by atoms with E-state index < -0.39 is 23.9 Å². The topological polar surface area (TPSA) is 82.0 Å². The third-order valence-corrected chi connectivity index (χ3v) is 7.50. The molecule has 1 aliphatic heterocycles. The van der Waals surface area contributed by atoms with Crippen molar-refractivity contribution in [1.29, 1.82) is 0 Å². The first-order valence-corrected chi connectivity index (χ1v) is 14.0. The molecule has 0 unspecified atom stereocenters. The maximum atomic E-state index is 13.7. The molecule has 1 aromatic heterocycles. The van der Waals surface area contributed by atoms with E-state index in [2.05, 4.69) is 5.32 Å². The first-order chi connectivity index (χ1) is 20.0. The lowest BCUT2D eigenvalue weighted by Crippen LogP contribution is -2.50. The Kier molecular flexibility index (Phi) is 8.63. The summed E-state index contributed by atoms with van der Waals surface area (Å²) >= 11 is 0. The van der Waals surface area contributed by atoms with Gasteiger partial charge in [0, 0.05) is 30.5 Å². The van der Waals surface area contributed by atoms with E-state index in [0.717, 1.165) is 22.1 Å². The largest absolute Gasteiger partial charge is 0.497 e. The summed E-state index contributed by atoms with van der Waals surface area (Å²) in [4.78, 5) is 13.0. The van der Waals surface area contributed by atoms with Gasteiger partial charge in [0.25, 0.3) is 0 Å². The lowest BCUT2D eigenvalue weighted by atomic mass is 9.82. The minimum atomic E-state index is -0.749. The number of hydrogen-bond donors (Lipinski definition) is 2. The molecule has 0 radical (unpaired) electrons. The van der Waals surface area contributed by atoms with Crippen molar-refractivity contribution in [3.8, 4) is 5.75 Å². The van der Waals surface area contributed by atoms with E-state index >= 15 is 0 Å². The molecule has 1 aliphatic rings. The highest BCUT2D eigenvalue weighted by atomic mass is 19.1. The van der Waals surface area contributed by atoms with Crippen LogP contribution in [0.4, 0.5) is 13.6 Å². The van der Waals surface area contributed by atoms with Crippen molar-refractivity contribution in [2.75, 3.05) is 13.7 Å². The number of rotatable bonds is 7. The number of methoxy groups -OCH3 is 1. The van der Waals surface area contributed by atoms with Crippen molar-refractivity contribution >= 4 is 17.0 Å². The summed E-state index contributed by atoms with van der Waals surface area (Å²) in [5.74, 6) is -0.365. The van der Waals surface area contributed by atoms with Gasteiger partial charge in [0.15, 0.2) is 0 Å². The molecular weight excluding hydrogens is 542 g/mol. The molecule has 1 fully saturated rings. The third-order valence-electron chi connectivity index (χ3n) is 7.50. The summed E-state index contributed by atoms with van der Waals surface area (Å²) in [6.07, 6.45) is 0.405. The minimum Gasteiger partial charge on any atom is -0.497 e. The van der Waals surface area contributed by atoms with E-state index in [0.29, 0.717) is 24.2 Å². The zero-order valence-electron chi connectivity index (χ0n) is 24.1. The molecule has 2 N–H and O–H groups in total. The van der Waals surface area contributed by atoms with Gasteiger partial charge in [0.2, 0.25) is 0 Å². The summed E-state index contributed by atoms with van der Waals surface area (Å²) in [6, 6.07) is 17.4. The SMILES string of the molecule is COc1ccc2c(c1)c(CN[C@@H]1CO[C@H](C(c3ccc(F)cc3)c3ccc(F)cc3)C[C@H]1O)cn2C(=O)OC(C)(C)C. The predicted octanol–water partition coefficient (Wildman–Crippen LogP) is 6.15. The van der Waals surface area contributed by atoms with Gasteiger partial charge in [-0.1, -0.05) is 24.3 Å². The van der Waals surface area contributed by atoms with Gasteiger partial charge in [-0.05, 0) is 79.9 Å². The lowest BCUT2D eigenvalue weighted by Gasteiger charge is -2.38. The number of aromatic nitrogens is 1. The zero-order chi connectivity index (χ0) is 30.0. The predicted molar refractivity (Wildman–Crippen MR) is 156 cm³/mol. The van der Waals surface area contributed by atoms with Crippen molar-refractivity contribution < 1.29 is 32.9 Å². The number of carbonyl (C=O) groups excluding carboxylic acids is 1. The number of carbonyl (C=O) groups is 1. The van der Waals surface area contributed by atoms with E-state index in [1.165, 1.54) is 28.8 Å². The smallest absolute Gasteiger partial charge is 0.419 e. The molecule has 42 heavy (non-hydrogen) atoms. The standard InChI is InChI=1S/C33H36F2N2O5/c1-33(2,3)42-32(39)37-18-22(26-15-25(40-4)13-14-28(26)37)17-36-27-19-41-30(16-29(27)38)31(20-5-9-23(34)10-6-20)21-7-11-24(35)12-8-21/h5-15,18,27,29-31,36,38H,16-17,19H2,1-4H3/t27-,29-,30+/m1/s1. The Hall–Kier alpha value is -3.79. The van der Waals surface area contributed by atoms with Gasteiger partial charge >= 0.3 is 6.09 Å². The summed E-state index contributed by atoms with van der Waals surface area (Å²) in [5.41, 5.74) is 2.49. The molecule has 0 aliphatic carbocycles. The van der Waals surface area contributed by atoms with Crippen LogP contribution in [-0.4, -0.2) is 53.3 Å². The van der Waals surface area contributed by atoms with E-state index in [4.69, 9.17) is 14.2 Å². The maximum Gasteiger partial charge on any atom is 0.419 e. The van der Waals surface area contributed by atoms with Gasteiger partial charge in [-0.2, -0.15) is 0 Å². The van der Waals surface area contributed by atoms with Crippen molar-refractivity contribution in [3.05, 3.63) is 101 Å². The second-order valence-electron chi connectivity index (χ2n) is 11.6. The van der Waals surface area contributed by atoms with Crippen LogP contribution >= 0.6 is 0 Å². The van der Waals surface area contributed by atoms with E-state index in [-0.39, 0.29) is 30.2 Å². The fraction of sp³-hybridized carbons (Fsp3) is 0.364. The highest BCUT2D eigenvalue weighted by molar-refractivity contribution is 5.93. The summed E-state index contributed by atoms with van der Waals surface area (Å²) in [7, 11) is 1.58. The van der Waals surface area contributed by atoms with Gasteiger partial charge in [-0.15, -0.1) is 0 Å². The van der Waals surface area contributed by atoms with Crippen LogP contribution in [0.1, 0.15) is 49.8 Å². The quantitative estimate of drug-likeness (QED) is 0.274. The Labute approximate surface area is 244 Å².